The highest BCUT2D eigenvalue weighted by molar-refractivity contribution is 6.00. The molecule has 0 aliphatic carbocycles. The highest BCUT2D eigenvalue weighted by Gasteiger charge is 2.16. The molecule has 0 aliphatic rings. The van der Waals surface area contributed by atoms with E-state index in [2.05, 4.69) is 32.3 Å². The van der Waals surface area contributed by atoms with Crippen LogP contribution in [0.4, 0.5) is 21.7 Å². The third-order valence-corrected chi connectivity index (χ3v) is 5.51. The molecule has 0 saturated carbocycles. The van der Waals surface area contributed by atoms with E-state index in [9.17, 15) is 9.18 Å². The van der Waals surface area contributed by atoms with Gasteiger partial charge < -0.3 is 15.4 Å². The number of hydrogen-bond donors (Lipinski definition) is 2. The van der Waals surface area contributed by atoms with Gasteiger partial charge in [-0.25, -0.2) is 9.37 Å². The lowest BCUT2D eigenvalue weighted by Crippen LogP contribution is -2.12. The number of aryl methyl sites for hydroxylation is 1. The quantitative estimate of drug-likeness (QED) is 0.340. The minimum Gasteiger partial charge on any atom is -0.377 e. The molecule has 0 radical (unpaired) electrons. The Morgan fingerprint density at radius 2 is 2.09 bits per heavy atom. The second-order valence-corrected chi connectivity index (χ2v) is 8.38. The third kappa shape index (κ3) is 5.22. The first-order valence-electron chi connectivity index (χ1n) is 11.3. The second-order valence-electron chi connectivity index (χ2n) is 8.38. The summed E-state index contributed by atoms with van der Waals surface area (Å²) in [6, 6.07) is 5.39. The zero-order valence-corrected chi connectivity index (χ0v) is 20.2. The summed E-state index contributed by atoms with van der Waals surface area (Å²) in [7, 11) is 0. The molecule has 4 aromatic rings. The van der Waals surface area contributed by atoms with Crippen LogP contribution in [0.2, 0.25) is 0 Å². The maximum Gasteiger partial charge on any atom is 0.247 e. The number of hydrogen-bond acceptors (Lipinski definition) is 6. The number of rotatable bonds is 9. The average molecular weight is 478 g/mol. The molecule has 0 bridgehead atoms. The van der Waals surface area contributed by atoms with Crippen molar-refractivity contribution < 1.29 is 13.9 Å². The van der Waals surface area contributed by atoms with Gasteiger partial charge in [-0.1, -0.05) is 6.58 Å². The van der Waals surface area contributed by atoms with Crippen molar-refractivity contribution in [3.8, 4) is 5.82 Å². The fraction of sp³-hybridized carbons (Fsp3) is 0.280. The monoisotopic (exact) mass is 477 g/mol. The summed E-state index contributed by atoms with van der Waals surface area (Å²) in [6.07, 6.45) is 5.99. The lowest BCUT2D eigenvalue weighted by molar-refractivity contribution is -0.111. The van der Waals surface area contributed by atoms with Gasteiger partial charge in [-0.15, -0.1) is 0 Å². The summed E-state index contributed by atoms with van der Waals surface area (Å²) in [5.41, 5.74) is 3.89. The predicted molar refractivity (Wildman–Crippen MR) is 134 cm³/mol. The van der Waals surface area contributed by atoms with E-state index in [0.29, 0.717) is 18.8 Å². The molecule has 182 valence electrons. The average Bonchev–Trinajstić information content (AvgIpc) is 3.34. The standard InChI is InChI=1S/C25H28FN7O2/c1-6-23(34)29-18-7-8-22-19(11-18)16(4)14-32(22)24-20(26)12-27-25(31-24)30-21-13-28-33(17(21)5)9-10-35-15(2)3/h6-8,11-15H,1,9-10H2,2-5H3,(H,29,34)(H,27,30,31). The minimum absolute atomic E-state index is 0.110. The van der Waals surface area contributed by atoms with Crippen molar-refractivity contribution >= 4 is 34.1 Å². The predicted octanol–water partition coefficient (Wildman–Crippen LogP) is 4.67. The number of anilines is 3. The molecule has 0 fully saturated rings. The van der Waals surface area contributed by atoms with E-state index >= 15 is 0 Å². The Hall–Kier alpha value is -4.05. The molecule has 2 N–H and O–H groups in total. The van der Waals surface area contributed by atoms with E-state index in [1.807, 2.05) is 44.5 Å². The molecule has 0 atom stereocenters. The first-order chi connectivity index (χ1) is 16.8. The van der Waals surface area contributed by atoms with Gasteiger partial charge in [-0.3, -0.25) is 14.0 Å². The normalized spacial score (nSPS) is 11.3. The van der Waals surface area contributed by atoms with Gasteiger partial charge in [0, 0.05) is 17.3 Å². The second kappa shape index (κ2) is 10.1. The van der Waals surface area contributed by atoms with Gasteiger partial charge in [-0.05, 0) is 57.5 Å². The van der Waals surface area contributed by atoms with Crippen molar-refractivity contribution in [2.75, 3.05) is 17.2 Å². The van der Waals surface area contributed by atoms with Crippen molar-refractivity contribution in [3.63, 3.8) is 0 Å². The largest absolute Gasteiger partial charge is 0.377 e. The molecule has 4 rings (SSSR count). The molecule has 1 aromatic carbocycles. The van der Waals surface area contributed by atoms with Gasteiger partial charge in [0.05, 0.1) is 48.5 Å². The van der Waals surface area contributed by atoms with Gasteiger partial charge in [0.15, 0.2) is 11.6 Å². The van der Waals surface area contributed by atoms with Crippen molar-refractivity contribution in [2.24, 2.45) is 0 Å². The Bertz CT molecular complexity index is 1390. The van der Waals surface area contributed by atoms with Crippen LogP contribution in [0.3, 0.4) is 0 Å². The molecule has 3 aromatic heterocycles. The molecular weight excluding hydrogens is 449 g/mol. The van der Waals surface area contributed by atoms with Gasteiger partial charge in [0.25, 0.3) is 0 Å². The number of amides is 1. The highest BCUT2D eigenvalue weighted by Crippen LogP contribution is 2.28. The number of ether oxygens (including phenoxy) is 1. The molecule has 1 amide bonds. The van der Waals surface area contributed by atoms with Crippen LogP contribution < -0.4 is 10.6 Å². The number of aromatic nitrogens is 5. The van der Waals surface area contributed by atoms with Crippen molar-refractivity contribution in [1.29, 1.82) is 0 Å². The summed E-state index contributed by atoms with van der Waals surface area (Å²) in [6.45, 7) is 12.5. The van der Waals surface area contributed by atoms with E-state index in [4.69, 9.17) is 4.74 Å². The Labute approximate surface area is 202 Å². The zero-order valence-electron chi connectivity index (χ0n) is 20.2. The van der Waals surface area contributed by atoms with Crippen LogP contribution in [-0.2, 0) is 16.1 Å². The zero-order chi connectivity index (χ0) is 25.1. The SMILES string of the molecule is C=CC(=O)Nc1ccc2c(c1)c(C)cn2-c1nc(Nc2cnn(CCOC(C)C)c2C)ncc1F. The van der Waals surface area contributed by atoms with E-state index in [1.165, 1.54) is 6.08 Å². The van der Waals surface area contributed by atoms with E-state index in [0.717, 1.165) is 34.0 Å². The van der Waals surface area contributed by atoms with Gasteiger partial charge in [0.2, 0.25) is 11.9 Å². The number of nitrogens with one attached hydrogen (secondary N) is 2. The van der Waals surface area contributed by atoms with Crippen LogP contribution in [0, 0.1) is 19.7 Å². The smallest absolute Gasteiger partial charge is 0.247 e. The molecule has 0 saturated heterocycles. The lowest BCUT2D eigenvalue weighted by Gasteiger charge is -2.11. The number of carbonyl (C=O) groups excluding carboxylic acids is 1. The summed E-state index contributed by atoms with van der Waals surface area (Å²) >= 11 is 0. The number of nitrogens with zero attached hydrogens (tertiary/aromatic N) is 5. The van der Waals surface area contributed by atoms with E-state index in [1.54, 1.807) is 23.0 Å². The fourth-order valence-corrected chi connectivity index (χ4v) is 3.72. The molecule has 10 heteroatoms. The van der Waals surface area contributed by atoms with Gasteiger partial charge >= 0.3 is 0 Å². The number of carbonyl (C=O) groups is 1. The van der Waals surface area contributed by atoms with Crippen molar-refractivity contribution in [1.82, 2.24) is 24.3 Å². The van der Waals surface area contributed by atoms with Crippen LogP contribution in [-0.4, -0.2) is 42.9 Å². The molecular formula is C25H28FN7O2. The number of halogens is 1. The molecule has 35 heavy (non-hydrogen) atoms. The Balaban J connectivity index is 1.61. The summed E-state index contributed by atoms with van der Waals surface area (Å²) in [5, 5.41) is 11.1. The molecule has 0 spiro atoms. The van der Waals surface area contributed by atoms with Crippen LogP contribution in [0.15, 0.2) is 49.4 Å². The van der Waals surface area contributed by atoms with Crippen LogP contribution >= 0.6 is 0 Å². The summed E-state index contributed by atoms with van der Waals surface area (Å²) in [4.78, 5) is 20.2. The van der Waals surface area contributed by atoms with Gasteiger partial charge in [-0.2, -0.15) is 10.1 Å². The number of benzene rings is 1. The highest BCUT2D eigenvalue weighted by atomic mass is 19.1. The molecule has 3 heterocycles. The van der Waals surface area contributed by atoms with Crippen LogP contribution in [0.5, 0.6) is 0 Å². The van der Waals surface area contributed by atoms with Crippen LogP contribution in [0.25, 0.3) is 16.7 Å². The van der Waals surface area contributed by atoms with Crippen molar-refractivity contribution in [2.45, 2.75) is 40.3 Å². The summed E-state index contributed by atoms with van der Waals surface area (Å²) < 4.78 is 24.0. The number of fused-ring (bicyclic) bond motifs is 1. The topological polar surface area (TPSA) is 98.9 Å². The Kier molecular flexibility index (Phi) is 6.92. The molecule has 0 aliphatic heterocycles. The Morgan fingerprint density at radius 3 is 2.83 bits per heavy atom. The van der Waals surface area contributed by atoms with Gasteiger partial charge in [0.1, 0.15) is 0 Å². The van der Waals surface area contributed by atoms with Crippen molar-refractivity contribution in [3.05, 3.63) is 66.5 Å². The maximum absolute atomic E-state index is 14.8. The third-order valence-electron chi connectivity index (χ3n) is 5.51. The Morgan fingerprint density at radius 1 is 1.29 bits per heavy atom. The maximum atomic E-state index is 14.8. The molecule has 9 nitrogen and oxygen atoms in total. The van der Waals surface area contributed by atoms with E-state index in [-0.39, 0.29) is 23.8 Å². The van der Waals surface area contributed by atoms with E-state index < -0.39 is 5.82 Å². The first-order valence-corrected chi connectivity index (χ1v) is 11.3. The van der Waals surface area contributed by atoms with Crippen LogP contribution in [0.1, 0.15) is 25.1 Å². The minimum atomic E-state index is -0.560. The fourth-order valence-electron chi connectivity index (χ4n) is 3.72. The first kappa shape index (κ1) is 24.1. The summed E-state index contributed by atoms with van der Waals surface area (Å²) in [5.74, 6) is -0.504. The molecule has 0 unspecified atom stereocenters. The lowest BCUT2D eigenvalue weighted by atomic mass is 10.2.